The summed E-state index contributed by atoms with van der Waals surface area (Å²) in [6, 6.07) is 4.13. The van der Waals surface area contributed by atoms with Gasteiger partial charge in [-0.25, -0.2) is 13.9 Å². The summed E-state index contributed by atoms with van der Waals surface area (Å²) in [5.41, 5.74) is 0.953. The molecular weight excluding hydrogens is 431 g/mol. The van der Waals surface area contributed by atoms with Gasteiger partial charge < -0.3 is 35.6 Å². The molecule has 0 spiro atoms. The van der Waals surface area contributed by atoms with E-state index in [1.54, 1.807) is 0 Å². The van der Waals surface area contributed by atoms with Gasteiger partial charge in [-0.3, -0.25) is 4.79 Å². The van der Waals surface area contributed by atoms with E-state index in [1.165, 1.54) is 35.1 Å². The Bertz CT molecular complexity index is 995. The van der Waals surface area contributed by atoms with Crippen molar-refractivity contribution in [1.82, 2.24) is 20.3 Å². The molecule has 0 fully saturated rings. The number of aromatic nitrogens is 3. The second kappa shape index (κ2) is 9.82. The molecule has 172 valence electrons. The molecule has 2 aromatic rings. The number of ether oxygens (including phenoxy) is 1. The number of nitrogens with one attached hydrogen (secondary N) is 1. The van der Waals surface area contributed by atoms with E-state index in [4.69, 9.17) is 14.9 Å². The highest BCUT2D eigenvalue weighted by Gasteiger charge is 2.43. The third kappa shape index (κ3) is 5.26. The minimum Gasteiger partial charge on any atom is -0.478 e. The molecular formula is C19H21FN4O8. The largest absolute Gasteiger partial charge is 0.478 e. The van der Waals surface area contributed by atoms with E-state index in [9.17, 15) is 29.3 Å². The van der Waals surface area contributed by atoms with Crippen LogP contribution in [0.3, 0.4) is 0 Å². The minimum atomic E-state index is -1.82. The number of hydrogen-bond donors (Lipinski definition) is 6. The number of aliphatic carboxylic acids is 1. The highest BCUT2D eigenvalue weighted by molar-refractivity contribution is 5.84. The van der Waals surface area contributed by atoms with E-state index in [1.807, 2.05) is 0 Å². The highest BCUT2D eigenvalue weighted by atomic mass is 19.1. The number of halogens is 1. The van der Waals surface area contributed by atoms with Crippen LogP contribution >= 0.6 is 0 Å². The molecule has 3 rings (SSSR count). The first-order valence-corrected chi connectivity index (χ1v) is 9.42. The number of amides is 1. The lowest BCUT2D eigenvalue weighted by Gasteiger charge is -2.38. The molecule has 13 heteroatoms. The number of aliphatic hydroxyl groups excluding tert-OH is 4. The molecule has 1 aromatic heterocycles. The van der Waals surface area contributed by atoms with E-state index in [0.29, 0.717) is 11.3 Å². The first-order valence-electron chi connectivity index (χ1n) is 9.42. The van der Waals surface area contributed by atoms with Crippen molar-refractivity contribution in [2.45, 2.75) is 37.0 Å². The van der Waals surface area contributed by atoms with Crippen molar-refractivity contribution in [3.63, 3.8) is 0 Å². The Balaban J connectivity index is 1.73. The summed E-state index contributed by atoms with van der Waals surface area (Å²) in [4.78, 5) is 23.7. The van der Waals surface area contributed by atoms with E-state index in [-0.39, 0.29) is 6.54 Å². The van der Waals surface area contributed by atoms with Crippen LogP contribution in [0.5, 0.6) is 0 Å². The second-order valence-electron chi connectivity index (χ2n) is 7.05. The van der Waals surface area contributed by atoms with Crippen LogP contribution in [-0.4, -0.2) is 89.5 Å². The fourth-order valence-electron chi connectivity index (χ4n) is 3.12. The van der Waals surface area contributed by atoms with Gasteiger partial charge >= 0.3 is 5.97 Å². The molecule has 1 aliphatic heterocycles. The number of carboxylic acids is 1. The minimum absolute atomic E-state index is 0.363. The zero-order valence-corrected chi connectivity index (χ0v) is 16.4. The van der Waals surface area contributed by atoms with Gasteiger partial charge in [-0.05, 0) is 30.3 Å². The smallest absolute Gasteiger partial charge is 0.370 e. The monoisotopic (exact) mass is 452 g/mol. The van der Waals surface area contributed by atoms with Gasteiger partial charge in [0, 0.05) is 5.56 Å². The first-order chi connectivity index (χ1) is 15.2. The van der Waals surface area contributed by atoms with Gasteiger partial charge in [0.2, 0.25) is 11.7 Å². The predicted molar refractivity (Wildman–Crippen MR) is 103 cm³/mol. The summed E-state index contributed by atoms with van der Waals surface area (Å²) in [6.45, 7) is -1.23. The Hall–Kier alpha value is -3.39. The summed E-state index contributed by atoms with van der Waals surface area (Å²) in [6.07, 6.45) is -4.41. The molecule has 2 heterocycles. The van der Waals surface area contributed by atoms with Gasteiger partial charge in [0.1, 0.15) is 36.4 Å². The maximum absolute atomic E-state index is 13.1. The Morgan fingerprint density at radius 1 is 1.25 bits per heavy atom. The van der Waals surface area contributed by atoms with Crippen molar-refractivity contribution < 1.29 is 44.2 Å². The summed E-state index contributed by atoms with van der Waals surface area (Å²) < 4.78 is 19.4. The summed E-state index contributed by atoms with van der Waals surface area (Å²) in [5, 5.41) is 58.5. The van der Waals surface area contributed by atoms with Crippen molar-refractivity contribution >= 4 is 11.9 Å². The standard InChI is InChI=1S/C19H21FN4O8/c20-10-3-1-9(2-4-10)11-6-24(23-22-11)7-15(28)21-16-12(26)5-14(19(30)31)32-18(16)17(29)13(27)8-25/h1-6,12-13,16-18,25-27,29H,7-8H2,(H,21,28)(H,30,31)/t12-,13+,16+,17+,18+/m0/s1. The van der Waals surface area contributed by atoms with Crippen molar-refractivity contribution in [3.05, 3.63) is 48.1 Å². The predicted octanol–water partition coefficient (Wildman–Crippen LogP) is -1.99. The lowest BCUT2D eigenvalue weighted by atomic mass is 9.94. The second-order valence-corrected chi connectivity index (χ2v) is 7.05. The normalized spacial score (nSPS) is 22.4. The molecule has 32 heavy (non-hydrogen) atoms. The van der Waals surface area contributed by atoms with Gasteiger partial charge in [0.15, 0.2) is 6.10 Å². The Morgan fingerprint density at radius 2 is 1.94 bits per heavy atom. The van der Waals surface area contributed by atoms with Crippen molar-refractivity contribution in [2.75, 3.05) is 6.61 Å². The van der Waals surface area contributed by atoms with Crippen LogP contribution in [0.2, 0.25) is 0 Å². The average Bonchev–Trinajstić information content (AvgIpc) is 3.22. The molecule has 0 bridgehead atoms. The van der Waals surface area contributed by atoms with Crippen LogP contribution < -0.4 is 5.32 Å². The van der Waals surface area contributed by atoms with Crippen LogP contribution in [0, 0.1) is 5.82 Å². The zero-order valence-electron chi connectivity index (χ0n) is 16.4. The molecule has 12 nitrogen and oxygen atoms in total. The van der Waals surface area contributed by atoms with Crippen LogP contribution in [0.4, 0.5) is 4.39 Å². The van der Waals surface area contributed by atoms with Gasteiger partial charge in [-0.1, -0.05) is 5.21 Å². The van der Waals surface area contributed by atoms with Crippen LogP contribution in [0.1, 0.15) is 0 Å². The Morgan fingerprint density at radius 3 is 2.56 bits per heavy atom. The Labute approximate surface area is 180 Å². The van der Waals surface area contributed by atoms with E-state index >= 15 is 0 Å². The summed E-state index contributed by atoms with van der Waals surface area (Å²) >= 11 is 0. The van der Waals surface area contributed by atoms with Crippen LogP contribution in [-0.2, 0) is 20.9 Å². The van der Waals surface area contributed by atoms with E-state index in [0.717, 1.165) is 6.08 Å². The molecule has 0 saturated carbocycles. The quantitative estimate of drug-likeness (QED) is 0.262. The molecule has 0 saturated heterocycles. The molecule has 0 radical (unpaired) electrons. The fourth-order valence-corrected chi connectivity index (χ4v) is 3.12. The summed E-state index contributed by atoms with van der Waals surface area (Å²) in [5.74, 6) is -3.33. The van der Waals surface area contributed by atoms with Crippen molar-refractivity contribution in [3.8, 4) is 11.3 Å². The third-order valence-electron chi connectivity index (χ3n) is 4.75. The summed E-state index contributed by atoms with van der Waals surface area (Å²) in [7, 11) is 0. The van der Waals surface area contributed by atoms with Crippen LogP contribution in [0.25, 0.3) is 11.3 Å². The zero-order chi connectivity index (χ0) is 23.4. The van der Waals surface area contributed by atoms with Gasteiger partial charge in [0.25, 0.3) is 0 Å². The number of hydrogen-bond acceptors (Lipinski definition) is 9. The molecule has 6 N–H and O–H groups in total. The van der Waals surface area contributed by atoms with Gasteiger partial charge in [0.05, 0.1) is 18.8 Å². The SMILES string of the molecule is O=C(Cn1cc(-c2ccc(F)cc2)nn1)N[C@H]1[C@H]([C@H](O)[C@H](O)CO)OC(C(=O)O)=C[C@@H]1O. The Kier molecular flexibility index (Phi) is 7.15. The molecule has 1 aromatic carbocycles. The molecule has 1 amide bonds. The number of aliphatic hydroxyl groups is 4. The molecule has 0 aliphatic carbocycles. The lowest BCUT2D eigenvalue weighted by Crippen LogP contribution is -2.60. The molecule has 0 unspecified atom stereocenters. The number of benzene rings is 1. The number of carboxylic acid groups (broad SMARTS) is 1. The molecule has 5 atom stereocenters. The van der Waals surface area contributed by atoms with Crippen molar-refractivity contribution in [2.24, 2.45) is 0 Å². The van der Waals surface area contributed by atoms with E-state index < -0.39 is 60.5 Å². The maximum atomic E-state index is 13.1. The number of carbonyl (C=O) groups excluding carboxylic acids is 1. The number of nitrogens with zero attached hydrogens (tertiary/aromatic N) is 3. The van der Waals surface area contributed by atoms with Crippen LogP contribution in [0.15, 0.2) is 42.3 Å². The molecule has 1 aliphatic rings. The lowest BCUT2D eigenvalue weighted by molar-refractivity contribution is -0.149. The number of rotatable bonds is 8. The third-order valence-corrected chi connectivity index (χ3v) is 4.75. The average molecular weight is 452 g/mol. The first kappa shape index (κ1) is 23.3. The van der Waals surface area contributed by atoms with Gasteiger partial charge in [-0.2, -0.15) is 0 Å². The highest BCUT2D eigenvalue weighted by Crippen LogP contribution is 2.23. The van der Waals surface area contributed by atoms with Gasteiger partial charge in [-0.15, -0.1) is 5.10 Å². The topological polar surface area (TPSA) is 187 Å². The maximum Gasteiger partial charge on any atom is 0.370 e. The number of carbonyl (C=O) groups is 2. The van der Waals surface area contributed by atoms with E-state index in [2.05, 4.69) is 15.6 Å². The fraction of sp³-hybridized carbons (Fsp3) is 0.368. The van der Waals surface area contributed by atoms with Crippen molar-refractivity contribution in [1.29, 1.82) is 0 Å².